The van der Waals surface area contributed by atoms with E-state index in [2.05, 4.69) is 24.2 Å². The number of rotatable bonds is 6. The molecule has 0 unspecified atom stereocenters. The van der Waals surface area contributed by atoms with E-state index < -0.39 is 17.4 Å². The molecule has 5 heteroatoms. The minimum Gasteiger partial charge on any atom is -0.496 e. The van der Waals surface area contributed by atoms with Crippen LogP contribution in [0, 0.1) is 11.8 Å². The number of unbranched alkanes of at least 4 members (excludes halogenated alkanes) is 4. The van der Waals surface area contributed by atoms with E-state index in [1.54, 1.807) is 24.3 Å². The molecule has 1 aromatic carbocycles. The first-order valence-corrected chi connectivity index (χ1v) is 9.08. The Labute approximate surface area is 157 Å². The predicted octanol–water partition coefficient (Wildman–Crippen LogP) is 3.94. The third-order valence-electron chi connectivity index (χ3n) is 3.79. The molecule has 0 saturated heterocycles. The fourth-order valence-electron chi connectivity index (χ4n) is 2.35. The van der Waals surface area contributed by atoms with E-state index in [-0.39, 0.29) is 0 Å². The molecule has 1 rings (SSSR count). The second-order valence-electron chi connectivity index (χ2n) is 7.07. The first-order chi connectivity index (χ1) is 12.3. The van der Waals surface area contributed by atoms with Crippen LogP contribution in [0.5, 0.6) is 5.75 Å². The van der Waals surface area contributed by atoms with Crippen LogP contribution in [0.2, 0.25) is 0 Å². The molecule has 2 amide bonds. The molecule has 26 heavy (non-hydrogen) atoms. The van der Waals surface area contributed by atoms with Crippen molar-refractivity contribution in [1.29, 1.82) is 0 Å². The molecule has 0 radical (unpaired) electrons. The highest BCUT2D eigenvalue weighted by atomic mass is 16.5. The number of hydrazine groups is 1. The van der Waals surface area contributed by atoms with E-state index in [9.17, 15) is 9.59 Å². The molecule has 0 bridgehead atoms. The Kier molecular flexibility index (Phi) is 8.71. The monoisotopic (exact) mass is 358 g/mol. The summed E-state index contributed by atoms with van der Waals surface area (Å²) in [4.78, 5) is 25.1. The molecule has 0 atom stereocenters. The van der Waals surface area contributed by atoms with Crippen molar-refractivity contribution in [2.24, 2.45) is 0 Å². The molecule has 142 valence electrons. The molecule has 0 spiro atoms. The van der Waals surface area contributed by atoms with Gasteiger partial charge in [-0.1, -0.05) is 44.2 Å². The van der Waals surface area contributed by atoms with Gasteiger partial charge in [0.2, 0.25) is 0 Å². The summed E-state index contributed by atoms with van der Waals surface area (Å²) < 4.78 is 5.21. The van der Waals surface area contributed by atoms with Gasteiger partial charge in [0.05, 0.1) is 18.2 Å². The summed E-state index contributed by atoms with van der Waals surface area (Å²) in [5.41, 5.74) is 2.43. The molecular weight excluding hydrogens is 328 g/mol. The third kappa shape index (κ3) is 6.79. The summed E-state index contributed by atoms with van der Waals surface area (Å²) in [5, 5.41) is 1.28. The van der Waals surface area contributed by atoms with Crippen molar-refractivity contribution in [2.45, 2.75) is 65.3 Å². The number of amides is 2. The van der Waals surface area contributed by atoms with Gasteiger partial charge in [-0.25, -0.2) is 5.01 Å². The summed E-state index contributed by atoms with van der Waals surface area (Å²) in [5.74, 6) is 5.18. The van der Waals surface area contributed by atoms with Crippen LogP contribution in [-0.2, 0) is 4.79 Å². The van der Waals surface area contributed by atoms with Gasteiger partial charge in [0.15, 0.2) is 0 Å². The van der Waals surface area contributed by atoms with E-state index in [0.29, 0.717) is 17.7 Å². The van der Waals surface area contributed by atoms with Crippen LogP contribution in [0.25, 0.3) is 0 Å². The number of hydrogen-bond donors (Lipinski definition) is 1. The maximum absolute atomic E-state index is 12.6. The summed E-state index contributed by atoms with van der Waals surface area (Å²) in [7, 11) is 1.50. The van der Waals surface area contributed by atoms with Crippen LogP contribution in [0.3, 0.4) is 0 Å². The van der Waals surface area contributed by atoms with Crippen LogP contribution in [0.1, 0.15) is 70.2 Å². The lowest BCUT2D eigenvalue weighted by molar-refractivity contribution is -0.132. The Morgan fingerprint density at radius 3 is 2.46 bits per heavy atom. The molecule has 0 aliphatic rings. The number of hydrogen-bond acceptors (Lipinski definition) is 3. The Morgan fingerprint density at radius 2 is 1.85 bits per heavy atom. The number of carbonyl (C=O) groups excluding carboxylic acids is 2. The van der Waals surface area contributed by atoms with Gasteiger partial charge in [-0.2, -0.15) is 0 Å². The van der Waals surface area contributed by atoms with Gasteiger partial charge in [-0.05, 0) is 45.2 Å². The standard InChI is InChI=1S/C21H30N2O3/c1-6-7-8-9-10-11-16-19(24)23(21(2,3)4)22-20(25)17-14-12-13-15-18(17)26-5/h12-15H,6-10H2,1-5H3,(H,22,25). The maximum atomic E-state index is 12.6. The van der Waals surface area contributed by atoms with Crippen molar-refractivity contribution in [3.63, 3.8) is 0 Å². The number of nitrogens with one attached hydrogen (secondary N) is 1. The van der Waals surface area contributed by atoms with Crippen LogP contribution in [-0.4, -0.2) is 29.5 Å². The van der Waals surface area contributed by atoms with E-state index in [4.69, 9.17) is 4.74 Å². The smallest absolute Gasteiger partial charge is 0.317 e. The molecule has 0 aliphatic heterocycles. The van der Waals surface area contributed by atoms with E-state index in [1.807, 2.05) is 20.8 Å². The van der Waals surface area contributed by atoms with Crippen molar-refractivity contribution in [1.82, 2.24) is 10.4 Å². The molecule has 0 aliphatic carbocycles. The summed E-state index contributed by atoms with van der Waals surface area (Å²) in [6, 6.07) is 6.89. The van der Waals surface area contributed by atoms with Gasteiger partial charge < -0.3 is 4.74 Å². The number of carbonyl (C=O) groups is 2. The number of benzene rings is 1. The summed E-state index contributed by atoms with van der Waals surface area (Å²) in [6.45, 7) is 7.68. The third-order valence-corrected chi connectivity index (χ3v) is 3.79. The van der Waals surface area contributed by atoms with Crippen molar-refractivity contribution >= 4 is 11.8 Å². The number of ether oxygens (including phenoxy) is 1. The topological polar surface area (TPSA) is 58.6 Å². The van der Waals surface area contributed by atoms with Crippen LogP contribution < -0.4 is 10.2 Å². The van der Waals surface area contributed by atoms with Crippen LogP contribution >= 0.6 is 0 Å². The number of nitrogens with zero attached hydrogens (tertiary/aromatic N) is 1. The molecule has 0 heterocycles. The van der Waals surface area contributed by atoms with Crippen LogP contribution in [0.15, 0.2) is 24.3 Å². The quantitative estimate of drug-likeness (QED) is 0.476. The molecule has 0 saturated carbocycles. The molecule has 0 fully saturated rings. The number of methoxy groups -OCH3 is 1. The van der Waals surface area contributed by atoms with Crippen molar-refractivity contribution in [3.8, 4) is 17.6 Å². The average Bonchev–Trinajstić information content (AvgIpc) is 2.61. The minimum absolute atomic E-state index is 0.365. The fourth-order valence-corrected chi connectivity index (χ4v) is 2.35. The lowest BCUT2D eigenvalue weighted by Crippen LogP contribution is -2.55. The zero-order chi connectivity index (χ0) is 19.6. The minimum atomic E-state index is -0.606. The molecule has 1 aromatic rings. The summed E-state index contributed by atoms with van der Waals surface area (Å²) in [6.07, 6.45) is 5.13. The zero-order valence-corrected chi connectivity index (χ0v) is 16.5. The maximum Gasteiger partial charge on any atom is 0.317 e. The predicted molar refractivity (Wildman–Crippen MR) is 104 cm³/mol. The Bertz CT molecular complexity index is 666. The van der Waals surface area contributed by atoms with Gasteiger partial charge in [0, 0.05) is 6.42 Å². The van der Waals surface area contributed by atoms with E-state index >= 15 is 0 Å². The van der Waals surface area contributed by atoms with Gasteiger partial charge in [-0.3, -0.25) is 15.0 Å². The Balaban J connectivity index is 2.83. The van der Waals surface area contributed by atoms with Crippen molar-refractivity contribution in [3.05, 3.63) is 29.8 Å². The Hall–Kier alpha value is -2.48. The molecule has 5 nitrogen and oxygen atoms in total. The molecule has 1 N–H and O–H groups in total. The SMILES string of the molecule is CCCCCCC#CC(=O)N(NC(=O)c1ccccc1OC)C(C)(C)C. The first kappa shape index (κ1) is 21.6. The van der Waals surface area contributed by atoms with Gasteiger partial charge in [-0.15, -0.1) is 0 Å². The average molecular weight is 358 g/mol. The highest BCUT2D eigenvalue weighted by molar-refractivity contribution is 6.00. The second kappa shape index (κ2) is 10.5. The molecular formula is C21H30N2O3. The second-order valence-corrected chi connectivity index (χ2v) is 7.07. The van der Waals surface area contributed by atoms with Crippen molar-refractivity contribution in [2.75, 3.05) is 7.11 Å². The highest BCUT2D eigenvalue weighted by Crippen LogP contribution is 2.18. The van der Waals surface area contributed by atoms with E-state index in [0.717, 1.165) is 12.8 Å². The zero-order valence-electron chi connectivity index (χ0n) is 16.5. The largest absolute Gasteiger partial charge is 0.496 e. The highest BCUT2D eigenvalue weighted by Gasteiger charge is 2.28. The van der Waals surface area contributed by atoms with E-state index in [1.165, 1.54) is 25.0 Å². The molecule has 0 aromatic heterocycles. The lowest BCUT2D eigenvalue weighted by Gasteiger charge is -2.34. The number of para-hydroxylation sites is 1. The van der Waals surface area contributed by atoms with Crippen molar-refractivity contribution < 1.29 is 14.3 Å². The van der Waals surface area contributed by atoms with Gasteiger partial charge in [0.25, 0.3) is 5.91 Å². The summed E-state index contributed by atoms with van der Waals surface area (Å²) >= 11 is 0. The van der Waals surface area contributed by atoms with Gasteiger partial charge in [0.1, 0.15) is 5.75 Å². The fraction of sp³-hybridized carbons (Fsp3) is 0.524. The first-order valence-electron chi connectivity index (χ1n) is 9.08. The van der Waals surface area contributed by atoms with Crippen LogP contribution in [0.4, 0.5) is 0 Å². The Morgan fingerprint density at radius 1 is 1.15 bits per heavy atom. The van der Waals surface area contributed by atoms with Gasteiger partial charge >= 0.3 is 5.91 Å². The lowest BCUT2D eigenvalue weighted by atomic mass is 10.1. The normalized spacial score (nSPS) is 10.5.